The van der Waals surface area contributed by atoms with Crippen LogP contribution in [0.5, 0.6) is 0 Å². The van der Waals surface area contributed by atoms with E-state index in [1.54, 1.807) is 0 Å². The van der Waals surface area contributed by atoms with E-state index in [0.717, 1.165) is 25.3 Å². The average molecular weight is 205 g/mol. The van der Waals surface area contributed by atoms with Crippen molar-refractivity contribution in [3.05, 3.63) is 0 Å². The van der Waals surface area contributed by atoms with Crippen molar-refractivity contribution in [2.75, 3.05) is 24.6 Å². The molecule has 0 rings (SSSR count). The van der Waals surface area contributed by atoms with Crippen LogP contribution in [0.4, 0.5) is 0 Å². The first-order chi connectivity index (χ1) is 6.16. The van der Waals surface area contributed by atoms with Crippen molar-refractivity contribution in [1.82, 2.24) is 5.32 Å². The van der Waals surface area contributed by atoms with Crippen LogP contribution in [-0.2, 0) is 0 Å². The highest BCUT2D eigenvalue weighted by Crippen LogP contribution is 2.03. The fraction of sp³-hybridized carbons (Fsp3) is 1.00. The Balaban J connectivity index is 3.12. The smallest absolute Gasteiger partial charge is 0.0667 e. The fourth-order valence-electron chi connectivity index (χ4n) is 1.18. The quantitative estimate of drug-likeness (QED) is 0.592. The van der Waals surface area contributed by atoms with E-state index >= 15 is 0 Å². The topological polar surface area (TPSA) is 32.3 Å². The molecule has 0 saturated heterocycles. The molecule has 1 unspecified atom stereocenters. The summed E-state index contributed by atoms with van der Waals surface area (Å²) in [5, 5.41) is 12.8. The van der Waals surface area contributed by atoms with E-state index in [9.17, 15) is 5.11 Å². The van der Waals surface area contributed by atoms with Gasteiger partial charge in [-0.25, -0.2) is 0 Å². The second kappa shape index (κ2) is 8.85. The number of hydrogen-bond donors (Lipinski definition) is 2. The molecule has 0 aromatic carbocycles. The van der Waals surface area contributed by atoms with Crippen LogP contribution in [0, 0.1) is 5.92 Å². The second-order valence-corrected chi connectivity index (χ2v) is 5.08. The fourth-order valence-corrected chi connectivity index (χ4v) is 1.76. The maximum atomic E-state index is 9.51. The molecule has 2 N–H and O–H groups in total. The van der Waals surface area contributed by atoms with Crippen LogP contribution in [0.15, 0.2) is 0 Å². The Kier molecular flexibility index (Phi) is 9.03. The zero-order valence-corrected chi connectivity index (χ0v) is 9.86. The molecule has 0 fully saturated rings. The number of aliphatic hydroxyl groups excluding tert-OH is 1. The molecule has 0 aliphatic carbocycles. The molecule has 3 heteroatoms. The van der Waals surface area contributed by atoms with Gasteiger partial charge in [-0.3, -0.25) is 0 Å². The van der Waals surface area contributed by atoms with Crippen molar-refractivity contribution in [1.29, 1.82) is 0 Å². The molecule has 2 nitrogen and oxygen atoms in total. The van der Waals surface area contributed by atoms with Crippen LogP contribution < -0.4 is 5.32 Å². The standard InChI is InChI=1S/C10H23NOS/c1-4-13-6-5-11-8-10(12)7-9(2)3/h9-12H,4-8H2,1-3H3. The van der Waals surface area contributed by atoms with E-state index in [1.165, 1.54) is 5.75 Å². The minimum Gasteiger partial charge on any atom is -0.392 e. The van der Waals surface area contributed by atoms with E-state index in [1.807, 2.05) is 11.8 Å². The molecule has 0 heterocycles. The zero-order valence-electron chi connectivity index (χ0n) is 9.05. The molecule has 0 amide bonds. The first-order valence-corrected chi connectivity index (χ1v) is 6.28. The van der Waals surface area contributed by atoms with Crippen molar-refractivity contribution in [2.45, 2.75) is 33.3 Å². The molecule has 0 aromatic heterocycles. The molecule has 1 atom stereocenters. The van der Waals surface area contributed by atoms with Crippen molar-refractivity contribution in [3.8, 4) is 0 Å². The lowest BCUT2D eigenvalue weighted by Gasteiger charge is -2.13. The van der Waals surface area contributed by atoms with Gasteiger partial charge in [0.05, 0.1) is 6.10 Å². The molecule has 0 bridgehead atoms. The summed E-state index contributed by atoms with van der Waals surface area (Å²) in [5.74, 6) is 2.91. The van der Waals surface area contributed by atoms with Gasteiger partial charge in [-0.1, -0.05) is 20.8 Å². The number of aliphatic hydroxyl groups is 1. The summed E-state index contributed by atoms with van der Waals surface area (Å²) in [6.45, 7) is 8.18. The summed E-state index contributed by atoms with van der Waals surface area (Å²) < 4.78 is 0. The van der Waals surface area contributed by atoms with Crippen LogP contribution in [0.2, 0.25) is 0 Å². The van der Waals surface area contributed by atoms with Crippen molar-refractivity contribution in [2.24, 2.45) is 5.92 Å². The molecule has 13 heavy (non-hydrogen) atoms. The molecular formula is C10H23NOS. The SMILES string of the molecule is CCSCCNCC(O)CC(C)C. The van der Waals surface area contributed by atoms with Gasteiger partial charge in [-0.2, -0.15) is 11.8 Å². The van der Waals surface area contributed by atoms with Gasteiger partial charge in [0.15, 0.2) is 0 Å². The molecule has 0 spiro atoms. The monoisotopic (exact) mass is 205 g/mol. The van der Waals surface area contributed by atoms with Crippen molar-refractivity contribution >= 4 is 11.8 Å². The third-order valence-corrected chi connectivity index (χ3v) is 2.65. The number of thioether (sulfide) groups is 1. The Morgan fingerprint density at radius 1 is 1.38 bits per heavy atom. The Morgan fingerprint density at radius 3 is 2.62 bits per heavy atom. The number of hydrogen-bond acceptors (Lipinski definition) is 3. The van der Waals surface area contributed by atoms with Crippen LogP contribution in [0.3, 0.4) is 0 Å². The third-order valence-electron chi connectivity index (χ3n) is 1.75. The van der Waals surface area contributed by atoms with E-state index in [-0.39, 0.29) is 6.10 Å². The van der Waals surface area contributed by atoms with Gasteiger partial charge in [-0.15, -0.1) is 0 Å². The molecular weight excluding hydrogens is 182 g/mol. The van der Waals surface area contributed by atoms with Gasteiger partial charge in [0.25, 0.3) is 0 Å². The van der Waals surface area contributed by atoms with Gasteiger partial charge < -0.3 is 10.4 Å². The predicted octanol–water partition coefficient (Wildman–Crippen LogP) is 1.74. The summed E-state index contributed by atoms with van der Waals surface area (Å²) in [7, 11) is 0. The Morgan fingerprint density at radius 2 is 2.08 bits per heavy atom. The molecule has 80 valence electrons. The summed E-state index contributed by atoms with van der Waals surface area (Å²) in [4.78, 5) is 0. The highest BCUT2D eigenvalue weighted by atomic mass is 32.2. The highest BCUT2D eigenvalue weighted by molar-refractivity contribution is 7.99. The van der Waals surface area contributed by atoms with E-state index in [4.69, 9.17) is 0 Å². The van der Waals surface area contributed by atoms with E-state index < -0.39 is 0 Å². The van der Waals surface area contributed by atoms with Gasteiger partial charge in [0.1, 0.15) is 0 Å². The van der Waals surface area contributed by atoms with Crippen molar-refractivity contribution < 1.29 is 5.11 Å². The van der Waals surface area contributed by atoms with Crippen LogP contribution in [0.1, 0.15) is 27.2 Å². The zero-order chi connectivity index (χ0) is 10.1. The van der Waals surface area contributed by atoms with Gasteiger partial charge in [-0.05, 0) is 18.1 Å². The molecule has 0 aromatic rings. The summed E-state index contributed by atoms with van der Waals surface area (Å²) in [6, 6.07) is 0. The lowest BCUT2D eigenvalue weighted by atomic mass is 10.1. The summed E-state index contributed by atoms with van der Waals surface area (Å²) in [5.41, 5.74) is 0. The summed E-state index contributed by atoms with van der Waals surface area (Å²) >= 11 is 1.93. The molecule has 0 saturated carbocycles. The Labute approximate surface area is 86.5 Å². The molecule has 0 aliphatic rings. The van der Waals surface area contributed by atoms with Gasteiger partial charge in [0, 0.05) is 18.8 Å². The predicted molar refractivity (Wildman–Crippen MR) is 61.3 cm³/mol. The van der Waals surface area contributed by atoms with Crippen LogP contribution in [0.25, 0.3) is 0 Å². The Bertz CT molecular complexity index is 109. The van der Waals surface area contributed by atoms with E-state index in [2.05, 4.69) is 26.1 Å². The van der Waals surface area contributed by atoms with Gasteiger partial charge in [0.2, 0.25) is 0 Å². The second-order valence-electron chi connectivity index (χ2n) is 3.68. The van der Waals surface area contributed by atoms with Crippen LogP contribution in [-0.4, -0.2) is 35.8 Å². The maximum Gasteiger partial charge on any atom is 0.0667 e. The molecule has 0 radical (unpaired) electrons. The minimum absolute atomic E-state index is 0.174. The minimum atomic E-state index is -0.174. The number of nitrogens with one attached hydrogen (secondary N) is 1. The average Bonchev–Trinajstić information content (AvgIpc) is 2.02. The largest absolute Gasteiger partial charge is 0.392 e. The normalized spacial score (nSPS) is 13.6. The first kappa shape index (κ1) is 13.3. The number of rotatable bonds is 8. The first-order valence-electron chi connectivity index (χ1n) is 5.13. The van der Waals surface area contributed by atoms with Crippen LogP contribution >= 0.6 is 11.8 Å². The molecule has 0 aliphatic heterocycles. The maximum absolute atomic E-state index is 9.51. The van der Waals surface area contributed by atoms with E-state index in [0.29, 0.717) is 5.92 Å². The summed E-state index contributed by atoms with van der Waals surface area (Å²) in [6.07, 6.45) is 0.722. The lowest BCUT2D eigenvalue weighted by molar-refractivity contribution is 0.147. The Hall–Kier alpha value is 0.270. The highest BCUT2D eigenvalue weighted by Gasteiger charge is 2.05. The lowest BCUT2D eigenvalue weighted by Crippen LogP contribution is -2.29. The third kappa shape index (κ3) is 10.2. The van der Waals surface area contributed by atoms with Gasteiger partial charge >= 0.3 is 0 Å². The van der Waals surface area contributed by atoms with Crippen molar-refractivity contribution in [3.63, 3.8) is 0 Å².